The minimum Gasteiger partial charge on any atom is -0.354 e. The van der Waals surface area contributed by atoms with Gasteiger partial charge in [-0.25, -0.2) is 9.97 Å². The van der Waals surface area contributed by atoms with Gasteiger partial charge in [-0.2, -0.15) is 0 Å². The van der Waals surface area contributed by atoms with Gasteiger partial charge in [0.25, 0.3) is 0 Å². The highest BCUT2D eigenvalue weighted by atomic mass is 35.5. The zero-order valence-electron chi connectivity index (χ0n) is 10.9. The van der Waals surface area contributed by atoms with Crippen LogP contribution in [0.15, 0.2) is 6.33 Å². The Hall–Kier alpha value is -1.36. The van der Waals surface area contributed by atoms with Crippen molar-refractivity contribution in [2.24, 2.45) is 5.92 Å². The van der Waals surface area contributed by atoms with Crippen molar-refractivity contribution in [2.45, 2.75) is 32.2 Å². The average Bonchev–Trinajstić information content (AvgIpc) is 2.80. The first kappa shape index (κ1) is 12.7. The summed E-state index contributed by atoms with van der Waals surface area (Å²) in [5.41, 5.74) is 0.976. The van der Waals surface area contributed by atoms with Crippen LogP contribution in [0.5, 0.6) is 0 Å². The normalized spacial score (nSPS) is 26.2. The van der Waals surface area contributed by atoms with Crippen molar-refractivity contribution in [3.63, 3.8) is 0 Å². The summed E-state index contributed by atoms with van der Waals surface area (Å²) in [4.78, 5) is 22.5. The number of carbonyl (C=O) groups is 1. The van der Waals surface area contributed by atoms with Gasteiger partial charge in [0.15, 0.2) is 0 Å². The number of fused-ring (bicyclic) bond motifs is 1. The van der Waals surface area contributed by atoms with Gasteiger partial charge in [0.05, 0.1) is 12.0 Å². The number of aromatic nitrogens is 2. The number of carbonyl (C=O) groups excluding carboxylic acids is 1. The second kappa shape index (κ2) is 4.96. The summed E-state index contributed by atoms with van der Waals surface area (Å²) in [7, 11) is 0. The van der Waals surface area contributed by atoms with E-state index in [1.807, 2.05) is 6.92 Å². The molecule has 1 aromatic rings. The van der Waals surface area contributed by atoms with Crippen molar-refractivity contribution < 1.29 is 4.79 Å². The highest BCUT2D eigenvalue weighted by molar-refractivity contribution is 6.30. The lowest BCUT2D eigenvalue weighted by Gasteiger charge is -2.37. The fourth-order valence-electron chi connectivity index (χ4n) is 3.15. The Morgan fingerprint density at radius 2 is 2.37 bits per heavy atom. The highest BCUT2D eigenvalue weighted by Crippen LogP contribution is 2.33. The molecule has 0 aliphatic carbocycles. The second-order valence-electron chi connectivity index (χ2n) is 5.07. The van der Waals surface area contributed by atoms with Gasteiger partial charge in [-0.3, -0.25) is 4.79 Å². The van der Waals surface area contributed by atoms with Crippen molar-refractivity contribution in [2.75, 3.05) is 18.0 Å². The van der Waals surface area contributed by atoms with Gasteiger partial charge in [-0.15, -0.1) is 0 Å². The maximum Gasteiger partial charge on any atom is 0.225 e. The molecule has 3 rings (SSSR count). The van der Waals surface area contributed by atoms with E-state index in [1.54, 1.807) is 0 Å². The predicted octanol–water partition coefficient (Wildman–Crippen LogP) is 1.41. The molecule has 1 N–H and O–H groups in total. The molecule has 6 heteroatoms. The molecular weight excluding hydrogens is 264 g/mol. The lowest BCUT2D eigenvalue weighted by molar-refractivity contribution is -0.122. The van der Waals surface area contributed by atoms with Gasteiger partial charge in [0.1, 0.15) is 17.3 Å². The first-order valence-electron chi connectivity index (χ1n) is 6.76. The van der Waals surface area contributed by atoms with Crippen molar-refractivity contribution in [3.8, 4) is 0 Å². The Balaban J connectivity index is 1.97. The smallest absolute Gasteiger partial charge is 0.225 e. The molecule has 2 aliphatic rings. The Labute approximate surface area is 117 Å². The molecule has 5 nitrogen and oxygen atoms in total. The molecule has 0 aromatic carbocycles. The molecular formula is C13H17ClN4O. The molecule has 0 radical (unpaired) electrons. The summed E-state index contributed by atoms with van der Waals surface area (Å²) >= 11 is 6.16. The minimum absolute atomic E-state index is 0.0900. The lowest BCUT2D eigenvalue weighted by Crippen LogP contribution is -2.46. The topological polar surface area (TPSA) is 58.1 Å². The third-order valence-corrected chi connectivity index (χ3v) is 4.42. The zero-order chi connectivity index (χ0) is 13.4. The number of rotatable bonds is 2. The number of anilines is 1. The SMILES string of the molecule is CCc1c(Cl)ncnc1N1CCCC2C(=O)NCC21. The van der Waals surface area contributed by atoms with Crippen LogP contribution < -0.4 is 10.2 Å². The van der Waals surface area contributed by atoms with Crippen molar-refractivity contribution in [3.05, 3.63) is 17.0 Å². The van der Waals surface area contributed by atoms with Gasteiger partial charge >= 0.3 is 0 Å². The quantitative estimate of drug-likeness (QED) is 0.832. The third-order valence-electron chi connectivity index (χ3n) is 4.10. The van der Waals surface area contributed by atoms with Crippen LogP contribution >= 0.6 is 11.6 Å². The Morgan fingerprint density at radius 1 is 1.53 bits per heavy atom. The molecule has 2 saturated heterocycles. The number of amides is 1. The van der Waals surface area contributed by atoms with Crippen molar-refractivity contribution >= 4 is 23.3 Å². The summed E-state index contributed by atoms with van der Waals surface area (Å²) in [6.07, 6.45) is 4.28. The molecule has 102 valence electrons. The molecule has 0 spiro atoms. The fourth-order valence-corrected chi connectivity index (χ4v) is 3.41. The first-order chi connectivity index (χ1) is 9.22. The number of piperidine rings is 1. The minimum atomic E-state index is 0.0900. The van der Waals surface area contributed by atoms with Crippen LogP contribution in [0.1, 0.15) is 25.3 Å². The van der Waals surface area contributed by atoms with E-state index in [9.17, 15) is 4.79 Å². The van der Waals surface area contributed by atoms with Crippen LogP contribution in [-0.2, 0) is 11.2 Å². The monoisotopic (exact) mass is 280 g/mol. The van der Waals surface area contributed by atoms with Crippen LogP contribution in [0.2, 0.25) is 5.15 Å². The van der Waals surface area contributed by atoms with Crippen LogP contribution in [0.25, 0.3) is 0 Å². The fraction of sp³-hybridized carbons (Fsp3) is 0.615. The molecule has 19 heavy (non-hydrogen) atoms. The number of hydrogen-bond acceptors (Lipinski definition) is 4. The van der Waals surface area contributed by atoms with Gasteiger partial charge < -0.3 is 10.2 Å². The Bertz CT molecular complexity index is 507. The second-order valence-corrected chi connectivity index (χ2v) is 5.43. The molecule has 1 aromatic heterocycles. The van der Waals surface area contributed by atoms with Gasteiger partial charge in [0, 0.05) is 18.7 Å². The predicted molar refractivity (Wildman–Crippen MR) is 73.3 cm³/mol. The van der Waals surface area contributed by atoms with Crippen LogP contribution in [0, 0.1) is 5.92 Å². The van der Waals surface area contributed by atoms with Crippen LogP contribution in [0.4, 0.5) is 5.82 Å². The van der Waals surface area contributed by atoms with E-state index in [1.165, 1.54) is 6.33 Å². The van der Waals surface area contributed by atoms with Crippen molar-refractivity contribution in [1.29, 1.82) is 0 Å². The van der Waals surface area contributed by atoms with E-state index in [0.29, 0.717) is 11.7 Å². The molecule has 0 bridgehead atoms. The Kier molecular flexibility index (Phi) is 3.31. The molecule has 2 atom stereocenters. The summed E-state index contributed by atoms with van der Waals surface area (Å²) in [6, 6.07) is 0.206. The van der Waals surface area contributed by atoms with E-state index < -0.39 is 0 Å². The van der Waals surface area contributed by atoms with E-state index in [0.717, 1.165) is 37.2 Å². The van der Waals surface area contributed by atoms with E-state index in [-0.39, 0.29) is 17.9 Å². The van der Waals surface area contributed by atoms with Crippen LogP contribution in [-0.4, -0.2) is 35.0 Å². The van der Waals surface area contributed by atoms with E-state index >= 15 is 0 Å². The largest absolute Gasteiger partial charge is 0.354 e. The number of hydrogen-bond donors (Lipinski definition) is 1. The molecule has 2 aliphatic heterocycles. The number of nitrogens with zero attached hydrogens (tertiary/aromatic N) is 3. The zero-order valence-corrected chi connectivity index (χ0v) is 11.7. The maximum atomic E-state index is 11.8. The van der Waals surface area contributed by atoms with Gasteiger partial charge in [-0.05, 0) is 19.3 Å². The Morgan fingerprint density at radius 3 is 3.16 bits per heavy atom. The summed E-state index contributed by atoms with van der Waals surface area (Å²) < 4.78 is 0. The average molecular weight is 281 g/mol. The number of halogens is 1. The lowest BCUT2D eigenvalue weighted by atomic mass is 9.91. The van der Waals surface area contributed by atoms with Gasteiger partial charge in [-0.1, -0.05) is 18.5 Å². The molecule has 0 saturated carbocycles. The van der Waals surface area contributed by atoms with E-state index in [4.69, 9.17) is 11.6 Å². The molecule has 3 heterocycles. The maximum absolute atomic E-state index is 11.8. The molecule has 1 amide bonds. The summed E-state index contributed by atoms with van der Waals surface area (Å²) in [5.74, 6) is 1.16. The van der Waals surface area contributed by atoms with E-state index in [2.05, 4.69) is 20.2 Å². The highest BCUT2D eigenvalue weighted by Gasteiger charge is 2.41. The van der Waals surface area contributed by atoms with Crippen molar-refractivity contribution in [1.82, 2.24) is 15.3 Å². The first-order valence-corrected chi connectivity index (χ1v) is 7.14. The molecule has 2 fully saturated rings. The number of nitrogens with one attached hydrogen (secondary N) is 1. The standard InChI is InChI=1S/C13H17ClN4O/c1-2-8-11(14)16-7-17-12(8)18-5-3-4-9-10(18)6-15-13(9)19/h7,9-10H,2-6H2,1H3,(H,15,19). The van der Waals surface area contributed by atoms with Gasteiger partial charge in [0.2, 0.25) is 5.91 Å². The van der Waals surface area contributed by atoms with Crippen LogP contribution in [0.3, 0.4) is 0 Å². The summed E-state index contributed by atoms with van der Waals surface area (Å²) in [6.45, 7) is 3.68. The summed E-state index contributed by atoms with van der Waals surface area (Å²) in [5, 5.41) is 3.48. The third kappa shape index (κ3) is 2.06. The molecule has 2 unspecified atom stereocenters.